The first-order valence-corrected chi connectivity index (χ1v) is 7.75. The fraction of sp³-hybridized carbons (Fsp3) is 0.0769. The number of nitrogens with one attached hydrogen (secondary N) is 2. The SMILES string of the molecule is CNS(=O)(=O)c1ccc(Nc2ccc(Cl)c(F)c2)c(N)c1. The molecule has 2 rings (SSSR count). The maximum Gasteiger partial charge on any atom is 0.240 e. The Balaban J connectivity index is 2.31. The number of anilines is 3. The summed E-state index contributed by atoms with van der Waals surface area (Å²) in [4.78, 5) is 0.0512. The van der Waals surface area contributed by atoms with Crippen molar-refractivity contribution in [1.82, 2.24) is 4.72 Å². The van der Waals surface area contributed by atoms with Gasteiger partial charge >= 0.3 is 0 Å². The van der Waals surface area contributed by atoms with Crippen molar-refractivity contribution in [2.45, 2.75) is 4.90 Å². The first-order chi connectivity index (χ1) is 9.83. The quantitative estimate of drug-likeness (QED) is 0.753. The zero-order valence-electron chi connectivity index (χ0n) is 11.0. The van der Waals surface area contributed by atoms with Crippen LogP contribution in [-0.2, 0) is 10.0 Å². The van der Waals surface area contributed by atoms with Crippen LogP contribution in [0.3, 0.4) is 0 Å². The molecule has 112 valence electrons. The largest absolute Gasteiger partial charge is 0.397 e. The Morgan fingerprint density at radius 2 is 1.90 bits per heavy atom. The minimum Gasteiger partial charge on any atom is -0.397 e. The van der Waals surface area contributed by atoms with Crippen molar-refractivity contribution >= 4 is 38.7 Å². The van der Waals surface area contributed by atoms with Crippen LogP contribution in [0.15, 0.2) is 41.3 Å². The molecule has 0 aliphatic rings. The molecule has 0 saturated heterocycles. The third-order valence-electron chi connectivity index (χ3n) is 2.80. The summed E-state index contributed by atoms with van der Waals surface area (Å²) in [6.45, 7) is 0. The average molecular weight is 330 g/mol. The van der Waals surface area contributed by atoms with E-state index in [2.05, 4.69) is 10.0 Å². The molecule has 0 aliphatic heterocycles. The standard InChI is InChI=1S/C13H13ClFN3O2S/c1-17-21(19,20)9-3-5-13(12(16)7-9)18-8-2-4-10(14)11(15)6-8/h2-7,17-18H,16H2,1H3. The molecule has 0 aliphatic carbocycles. The minimum atomic E-state index is -3.56. The lowest BCUT2D eigenvalue weighted by Gasteiger charge is -2.11. The fourth-order valence-electron chi connectivity index (χ4n) is 1.67. The number of hydrogen-bond donors (Lipinski definition) is 3. The van der Waals surface area contributed by atoms with E-state index in [0.29, 0.717) is 11.4 Å². The summed E-state index contributed by atoms with van der Waals surface area (Å²) in [5.41, 5.74) is 6.95. The molecule has 4 N–H and O–H groups in total. The number of benzene rings is 2. The molecular formula is C13H13ClFN3O2S. The third-order valence-corrected chi connectivity index (χ3v) is 4.52. The zero-order valence-corrected chi connectivity index (χ0v) is 12.6. The molecule has 0 unspecified atom stereocenters. The molecule has 0 radical (unpaired) electrons. The third kappa shape index (κ3) is 3.44. The van der Waals surface area contributed by atoms with Crippen molar-refractivity contribution in [1.29, 1.82) is 0 Å². The second-order valence-corrected chi connectivity index (χ2v) is 6.50. The van der Waals surface area contributed by atoms with Gasteiger partial charge < -0.3 is 11.1 Å². The van der Waals surface area contributed by atoms with Gasteiger partial charge in [0.2, 0.25) is 10.0 Å². The van der Waals surface area contributed by atoms with Gasteiger partial charge in [0.15, 0.2) is 0 Å². The smallest absolute Gasteiger partial charge is 0.240 e. The van der Waals surface area contributed by atoms with E-state index in [0.717, 1.165) is 0 Å². The van der Waals surface area contributed by atoms with Gasteiger partial charge in [0, 0.05) is 5.69 Å². The van der Waals surface area contributed by atoms with E-state index in [1.54, 1.807) is 6.07 Å². The van der Waals surface area contributed by atoms with Crippen LogP contribution in [0.4, 0.5) is 21.5 Å². The second-order valence-electron chi connectivity index (χ2n) is 4.21. The van der Waals surface area contributed by atoms with Crippen molar-refractivity contribution in [3.63, 3.8) is 0 Å². The van der Waals surface area contributed by atoms with Crippen molar-refractivity contribution in [2.24, 2.45) is 0 Å². The maximum absolute atomic E-state index is 13.4. The molecule has 0 saturated carbocycles. The summed E-state index contributed by atoms with van der Waals surface area (Å²) in [5.74, 6) is -0.561. The highest BCUT2D eigenvalue weighted by atomic mass is 35.5. The van der Waals surface area contributed by atoms with Gasteiger partial charge in [-0.25, -0.2) is 17.5 Å². The molecule has 5 nitrogen and oxygen atoms in total. The molecule has 2 aromatic carbocycles. The maximum atomic E-state index is 13.4. The minimum absolute atomic E-state index is 0.0176. The molecule has 2 aromatic rings. The van der Waals surface area contributed by atoms with E-state index >= 15 is 0 Å². The van der Waals surface area contributed by atoms with Crippen LogP contribution in [0.1, 0.15) is 0 Å². The summed E-state index contributed by atoms with van der Waals surface area (Å²) >= 11 is 5.60. The van der Waals surface area contributed by atoms with Crippen molar-refractivity contribution in [3.8, 4) is 0 Å². The van der Waals surface area contributed by atoms with Crippen LogP contribution in [0.2, 0.25) is 5.02 Å². The first-order valence-electron chi connectivity index (χ1n) is 5.88. The van der Waals surface area contributed by atoms with Gasteiger partial charge in [-0.05, 0) is 43.4 Å². The monoisotopic (exact) mass is 329 g/mol. The molecule has 8 heteroatoms. The summed E-state index contributed by atoms with van der Waals surface area (Å²) in [6.07, 6.45) is 0. The summed E-state index contributed by atoms with van der Waals surface area (Å²) in [5, 5.41) is 2.92. The van der Waals surface area contributed by atoms with Crippen LogP contribution in [0.25, 0.3) is 0 Å². The van der Waals surface area contributed by atoms with Crippen molar-refractivity contribution in [3.05, 3.63) is 47.2 Å². The number of rotatable bonds is 4. The topological polar surface area (TPSA) is 84.2 Å². The summed E-state index contributed by atoms with van der Waals surface area (Å²) in [6, 6.07) is 8.45. The predicted octanol–water partition coefficient (Wildman–Crippen LogP) is 2.71. The Bertz CT molecular complexity index is 781. The summed E-state index contributed by atoms with van der Waals surface area (Å²) < 4.78 is 38.9. The summed E-state index contributed by atoms with van der Waals surface area (Å²) in [7, 11) is -2.24. The number of nitrogen functional groups attached to an aromatic ring is 1. The Hall–Kier alpha value is -1.83. The van der Waals surface area contributed by atoms with E-state index in [1.807, 2.05) is 0 Å². The predicted molar refractivity (Wildman–Crippen MR) is 81.8 cm³/mol. The Morgan fingerprint density at radius 1 is 1.19 bits per heavy atom. The molecule has 0 aromatic heterocycles. The highest BCUT2D eigenvalue weighted by Crippen LogP contribution is 2.27. The van der Waals surface area contributed by atoms with E-state index in [-0.39, 0.29) is 15.6 Å². The molecule has 0 heterocycles. The van der Waals surface area contributed by atoms with Crippen LogP contribution in [0.5, 0.6) is 0 Å². The molecular weight excluding hydrogens is 317 g/mol. The highest BCUT2D eigenvalue weighted by Gasteiger charge is 2.13. The Labute approximate surface area is 127 Å². The van der Waals surface area contributed by atoms with Gasteiger partial charge in [-0.15, -0.1) is 0 Å². The lowest BCUT2D eigenvalue weighted by molar-refractivity contribution is 0.588. The van der Waals surface area contributed by atoms with Crippen LogP contribution >= 0.6 is 11.6 Å². The van der Waals surface area contributed by atoms with E-state index < -0.39 is 15.8 Å². The zero-order chi connectivity index (χ0) is 15.6. The Kier molecular flexibility index (Phi) is 4.36. The van der Waals surface area contributed by atoms with Crippen molar-refractivity contribution in [2.75, 3.05) is 18.1 Å². The van der Waals surface area contributed by atoms with Crippen LogP contribution in [0, 0.1) is 5.82 Å². The van der Waals surface area contributed by atoms with Crippen LogP contribution < -0.4 is 15.8 Å². The van der Waals surface area contributed by atoms with Gasteiger partial charge in [0.1, 0.15) is 5.82 Å². The number of halogens is 2. The fourth-order valence-corrected chi connectivity index (χ4v) is 2.55. The van der Waals surface area contributed by atoms with E-state index in [1.165, 1.54) is 37.4 Å². The number of sulfonamides is 1. The first kappa shape index (κ1) is 15.6. The number of hydrogen-bond acceptors (Lipinski definition) is 4. The molecule has 0 fully saturated rings. The van der Waals surface area contributed by atoms with Crippen molar-refractivity contribution < 1.29 is 12.8 Å². The normalized spacial score (nSPS) is 11.4. The molecule has 0 atom stereocenters. The van der Waals surface area contributed by atoms with E-state index in [4.69, 9.17) is 17.3 Å². The van der Waals surface area contributed by atoms with Gasteiger partial charge in [0.25, 0.3) is 0 Å². The lowest BCUT2D eigenvalue weighted by atomic mass is 10.2. The molecule has 0 bridgehead atoms. The van der Waals surface area contributed by atoms with Gasteiger partial charge in [-0.3, -0.25) is 0 Å². The van der Waals surface area contributed by atoms with Crippen LogP contribution in [-0.4, -0.2) is 15.5 Å². The molecule has 0 amide bonds. The van der Waals surface area contributed by atoms with Gasteiger partial charge in [-0.1, -0.05) is 11.6 Å². The molecule has 0 spiro atoms. The second kappa shape index (κ2) is 5.88. The lowest BCUT2D eigenvalue weighted by Crippen LogP contribution is -2.18. The Morgan fingerprint density at radius 3 is 2.48 bits per heavy atom. The highest BCUT2D eigenvalue weighted by molar-refractivity contribution is 7.89. The molecule has 21 heavy (non-hydrogen) atoms. The average Bonchev–Trinajstić information content (AvgIpc) is 2.45. The van der Waals surface area contributed by atoms with Gasteiger partial charge in [-0.2, -0.15) is 0 Å². The number of nitrogens with two attached hydrogens (primary N) is 1. The van der Waals surface area contributed by atoms with E-state index in [9.17, 15) is 12.8 Å². The van der Waals surface area contributed by atoms with Gasteiger partial charge in [0.05, 0.1) is 21.3 Å².